The van der Waals surface area contributed by atoms with Crippen LogP contribution in [0, 0.1) is 251 Å². The second-order valence-corrected chi connectivity index (χ2v) is 27.7. The van der Waals surface area contributed by atoms with Gasteiger partial charge in [0.25, 0.3) is 0 Å². The third-order valence-electron chi connectivity index (χ3n) is 33.4. The van der Waals surface area contributed by atoms with Crippen LogP contribution < -0.4 is 0 Å². The molecule has 0 saturated heterocycles. The van der Waals surface area contributed by atoms with Gasteiger partial charge in [-0.3, -0.25) is 0 Å². The van der Waals surface area contributed by atoms with Crippen molar-refractivity contribution < 1.29 is 0 Å². The molecule has 26 aliphatic rings. The van der Waals surface area contributed by atoms with E-state index in [4.69, 9.17) is 0 Å². The van der Waals surface area contributed by atoms with E-state index in [1.54, 1.807) is 25.7 Å². The van der Waals surface area contributed by atoms with E-state index in [9.17, 15) is 0 Å². The lowest BCUT2D eigenvalue weighted by Gasteiger charge is -3.34. The highest BCUT2D eigenvalue weighted by molar-refractivity contribution is 5.79. The zero-order valence-electron chi connectivity index (χ0n) is 27.1. The predicted octanol–water partition coefficient (Wildman–Crippen LogP) is 5.99. The van der Waals surface area contributed by atoms with Crippen LogP contribution in [0.1, 0.15) is 25.7 Å². The molecule has 0 heteroatoms. The predicted molar refractivity (Wildman–Crippen MR) is 161 cm³/mol. The van der Waals surface area contributed by atoms with Crippen LogP contribution in [-0.4, -0.2) is 0 Å². The van der Waals surface area contributed by atoms with Crippen molar-refractivity contribution in [3.8, 4) is 0 Å². The standard InChI is InChI=1S/C47H44/c1-2-6-5(1)9-10(6)12-11(9)13-14(12)16-15(13)17-18(16)20-19(17)21-22(20)24-28-23(21)29-33-37-39-35-31-26-7-3-4-8-25(7)41(26)27(8)32-36-40-38-34-30(24)42(28,29)44(33,34)46(37,38)47(39,40)45(35,36)43(31,32)41/h5-40H,1-4H2/t5?,6?,7?,8?,9?,10?,11?,12?,13?,14?,15?,16?,17?,18?,19?,20?,21?,22?,23?,24?,25?,26?,27?,28?,29?,30?,31?,32?,33?,34?,35-,36?,37?,38?,39?,40?,41?,42?,43?,44?,45?,46?,47?/m1/s1. The van der Waals surface area contributed by atoms with Crippen LogP contribution in [0.25, 0.3) is 0 Å². The number of hydrogen-bond donors (Lipinski definition) is 0. The zero-order chi connectivity index (χ0) is 27.1. The van der Waals surface area contributed by atoms with E-state index in [0.29, 0.717) is 0 Å². The zero-order valence-corrected chi connectivity index (χ0v) is 27.1. The summed E-state index contributed by atoms with van der Waals surface area (Å²) in [4.78, 5) is 0. The molecule has 0 aliphatic heterocycles. The van der Waals surface area contributed by atoms with Crippen molar-refractivity contribution in [2.24, 2.45) is 251 Å². The third-order valence-corrected chi connectivity index (χ3v) is 33.4. The molecule has 0 heterocycles. The van der Waals surface area contributed by atoms with Gasteiger partial charge < -0.3 is 0 Å². The Labute approximate surface area is 275 Å². The van der Waals surface area contributed by atoms with Gasteiger partial charge in [0.2, 0.25) is 0 Å². The molecule has 43 atom stereocenters. The van der Waals surface area contributed by atoms with E-state index in [1.807, 2.05) is 0 Å². The molecule has 232 valence electrons. The van der Waals surface area contributed by atoms with Gasteiger partial charge in [0.15, 0.2) is 0 Å². The molecule has 0 nitrogen and oxygen atoms in total. The molecule has 0 aromatic rings. The van der Waals surface area contributed by atoms with Gasteiger partial charge in [-0.15, -0.1) is 0 Å². The summed E-state index contributed by atoms with van der Waals surface area (Å²) < 4.78 is 0. The Hall–Kier alpha value is 0. The second kappa shape index (κ2) is 3.93. The highest BCUT2D eigenvalue weighted by Gasteiger charge is 3.33. The minimum absolute atomic E-state index is 1.08. The number of rotatable bonds is 0. The van der Waals surface area contributed by atoms with Gasteiger partial charge in [-0.1, -0.05) is 0 Å². The molecule has 7 spiro atoms. The summed E-state index contributed by atoms with van der Waals surface area (Å²) in [5.74, 6) is 48.4. The maximum atomic E-state index is 1.72. The molecule has 0 amide bonds. The van der Waals surface area contributed by atoms with Crippen LogP contribution in [0.3, 0.4) is 0 Å². The lowest BCUT2D eigenvalue weighted by Crippen LogP contribution is -3.32. The molecule has 0 aromatic heterocycles. The van der Waals surface area contributed by atoms with E-state index in [-0.39, 0.29) is 0 Å². The SMILES string of the molecule is C1CC2C1C1C2C2C1C1C2C2C1C1C2C2C1C1C2C2C3C1C1C4C5C6C7C8C9C%10CCC%11C%10C9%10C%11C9[C@@H]%11C%12C%13C%14C2C31C4%14C5%13C6%12C7%11C89%10. The van der Waals surface area contributed by atoms with Gasteiger partial charge >= 0.3 is 0 Å². The maximum Gasteiger partial charge on any atom is -0.00932 e. The number of hydrogen-bond acceptors (Lipinski definition) is 0. The summed E-state index contributed by atoms with van der Waals surface area (Å²) in [6.45, 7) is 0. The van der Waals surface area contributed by atoms with E-state index in [0.717, 1.165) is 37.9 Å². The fourth-order valence-corrected chi connectivity index (χ4v) is 37.5. The molecular weight excluding hydrogens is 565 g/mol. The van der Waals surface area contributed by atoms with Gasteiger partial charge in [-0.25, -0.2) is 0 Å². The fraction of sp³-hybridized carbons (Fsp3) is 1.00. The fourth-order valence-electron chi connectivity index (χ4n) is 37.5. The van der Waals surface area contributed by atoms with Gasteiger partial charge in [0, 0.05) is 0 Å². The van der Waals surface area contributed by atoms with E-state index >= 15 is 0 Å². The van der Waals surface area contributed by atoms with Crippen LogP contribution in [0.4, 0.5) is 0 Å². The maximum absolute atomic E-state index is 1.72. The Morgan fingerprint density at radius 2 is 0.489 bits per heavy atom. The van der Waals surface area contributed by atoms with Crippen LogP contribution >= 0.6 is 0 Å². The topological polar surface area (TPSA) is 0 Å². The van der Waals surface area contributed by atoms with Gasteiger partial charge in [-0.2, -0.15) is 0 Å². The first-order chi connectivity index (χ1) is 23.4. The minimum atomic E-state index is 1.08. The molecule has 47 heavy (non-hydrogen) atoms. The first kappa shape index (κ1) is 19.2. The lowest BCUT2D eigenvalue weighted by atomic mass is 8.69. The van der Waals surface area contributed by atoms with Crippen molar-refractivity contribution in [2.75, 3.05) is 0 Å². The lowest BCUT2D eigenvalue weighted by molar-refractivity contribution is -0.886. The average molecular weight is 609 g/mol. The Morgan fingerprint density at radius 3 is 0.915 bits per heavy atom. The van der Waals surface area contributed by atoms with Crippen molar-refractivity contribution in [3.63, 3.8) is 0 Å². The Balaban J connectivity index is 0.636. The minimum Gasteiger partial charge on any atom is -0.0496 e. The molecule has 26 rings (SSSR count). The van der Waals surface area contributed by atoms with Crippen molar-refractivity contribution in [1.29, 1.82) is 0 Å². The summed E-state index contributed by atoms with van der Waals surface area (Å²) >= 11 is 0. The molecule has 0 radical (unpaired) electrons. The largest absolute Gasteiger partial charge is 0.0496 e. The summed E-state index contributed by atoms with van der Waals surface area (Å²) in [5.41, 5.74) is 7.62. The average Bonchev–Trinajstić information content (AvgIpc) is 3.33. The monoisotopic (exact) mass is 608 g/mol. The second-order valence-electron chi connectivity index (χ2n) is 27.7. The van der Waals surface area contributed by atoms with E-state index < -0.39 is 0 Å². The Bertz CT molecular complexity index is 2100. The normalized spacial score (nSPS) is 113. The summed E-state index contributed by atoms with van der Waals surface area (Å²) in [6.07, 6.45) is 6.78. The number of fused-ring (bicyclic) bond motifs is 40. The van der Waals surface area contributed by atoms with Gasteiger partial charge in [0.05, 0.1) is 0 Å². The summed E-state index contributed by atoms with van der Waals surface area (Å²) in [7, 11) is 0. The van der Waals surface area contributed by atoms with Gasteiger partial charge in [-0.05, 0) is 277 Å². The quantitative estimate of drug-likeness (QED) is 0.297. The summed E-state index contributed by atoms with van der Waals surface area (Å²) in [5, 5.41) is 0. The molecular formula is C47H44. The molecule has 0 aromatic carbocycles. The third kappa shape index (κ3) is 0.789. The molecule has 42 unspecified atom stereocenters. The molecule has 26 aliphatic carbocycles. The summed E-state index contributed by atoms with van der Waals surface area (Å²) in [6, 6.07) is 0. The van der Waals surface area contributed by atoms with E-state index in [2.05, 4.69) is 0 Å². The van der Waals surface area contributed by atoms with Crippen molar-refractivity contribution in [3.05, 3.63) is 0 Å². The molecule has 0 bridgehead atoms. The Kier molecular flexibility index (Phi) is 1.60. The van der Waals surface area contributed by atoms with Crippen molar-refractivity contribution in [2.45, 2.75) is 25.7 Å². The van der Waals surface area contributed by atoms with Crippen LogP contribution in [0.5, 0.6) is 0 Å². The molecule has 26 fully saturated rings. The molecule has 0 N–H and O–H groups in total. The van der Waals surface area contributed by atoms with Crippen LogP contribution in [0.2, 0.25) is 0 Å². The molecule has 26 saturated carbocycles. The van der Waals surface area contributed by atoms with Crippen LogP contribution in [0.15, 0.2) is 0 Å². The van der Waals surface area contributed by atoms with Gasteiger partial charge in [0.1, 0.15) is 0 Å². The Morgan fingerprint density at radius 1 is 0.191 bits per heavy atom. The van der Waals surface area contributed by atoms with Crippen LogP contribution in [-0.2, 0) is 0 Å². The highest BCUT2D eigenvalue weighted by Crippen LogP contribution is 3.35. The van der Waals surface area contributed by atoms with Crippen molar-refractivity contribution in [1.82, 2.24) is 0 Å². The van der Waals surface area contributed by atoms with Crippen molar-refractivity contribution >= 4 is 0 Å². The van der Waals surface area contributed by atoms with E-state index in [1.165, 1.54) is 213 Å². The highest BCUT2D eigenvalue weighted by atomic mass is 15.4. The smallest absolute Gasteiger partial charge is 0.00932 e. The first-order valence-corrected chi connectivity index (χ1v) is 23.4. The first-order valence-electron chi connectivity index (χ1n) is 23.4.